The van der Waals surface area contributed by atoms with Gasteiger partial charge in [-0.2, -0.15) is 4.98 Å². The molecule has 1 heterocycles. The molecule has 1 aliphatic carbocycles. The molecule has 0 saturated heterocycles. The van der Waals surface area contributed by atoms with Crippen LogP contribution < -0.4 is 15.8 Å². The summed E-state index contributed by atoms with van der Waals surface area (Å²) in [5, 5.41) is 15.0. The molecule has 0 bridgehead atoms. The normalized spacial score (nSPS) is 16.2. The summed E-state index contributed by atoms with van der Waals surface area (Å²) in [7, 11) is -3.89. The lowest BCUT2D eigenvalue weighted by molar-refractivity contribution is -0.121. The first-order chi connectivity index (χ1) is 15.1. The zero-order valence-corrected chi connectivity index (χ0v) is 19.1. The molecule has 1 aliphatic rings. The summed E-state index contributed by atoms with van der Waals surface area (Å²) >= 11 is 0. The van der Waals surface area contributed by atoms with E-state index in [4.69, 9.17) is 9.66 Å². The highest BCUT2D eigenvalue weighted by Crippen LogP contribution is 2.34. The standard InChI is InChI=1S/C21H29N5O5S/c1-14-7-8-16(13-17(14)32(22,29)30)23-18(28)9-10-19-24-20(26-31-19)21(25-15(2)27)11-5-3-4-6-12-21/h7-8,13H,3-6,9-12H2,1-2H3,(H,23,28)(H,25,27)(H2,22,29,30). The van der Waals surface area contributed by atoms with Gasteiger partial charge in [0, 0.05) is 25.5 Å². The van der Waals surface area contributed by atoms with E-state index in [0.717, 1.165) is 38.5 Å². The molecule has 1 aromatic heterocycles. The number of anilines is 1. The fourth-order valence-corrected chi connectivity index (χ4v) is 4.86. The van der Waals surface area contributed by atoms with Gasteiger partial charge in [0.15, 0.2) is 5.82 Å². The molecule has 32 heavy (non-hydrogen) atoms. The van der Waals surface area contributed by atoms with E-state index in [9.17, 15) is 18.0 Å². The van der Waals surface area contributed by atoms with Crippen molar-refractivity contribution in [3.63, 3.8) is 0 Å². The predicted octanol–water partition coefficient (Wildman–Crippen LogP) is 2.28. The van der Waals surface area contributed by atoms with E-state index in [1.165, 1.54) is 13.0 Å². The third-order valence-corrected chi connectivity index (χ3v) is 6.67. The molecule has 0 aliphatic heterocycles. The van der Waals surface area contributed by atoms with Crippen LogP contribution in [0.3, 0.4) is 0 Å². The van der Waals surface area contributed by atoms with Gasteiger partial charge >= 0.3 is 0 Å². The Balaban J connectivity index is 1.66. The highest BCUT2D eigenvalue weighted by molar-refractivity contribution is 7.89. The topological polar surface area (TPSA) is 157 Å². The first-order valence-electron chi connectivity index (χ1n) is 10.6. The second-order valence-corrected chi connectivity index (χ2v) is 9.79. The highest BCUT2D eigenvalue weighted by Gasteiger charge is 2.38. The van der Waals surface area contributed by atoms with Gasteiger partial charge < -0.3 is 15.2 Å². The predicted molar refractivity (Wildman–Crippen MR) is 117 cm³/mol. The van der Waals surface area contributed by atoms with E-state index >= 15 is 0 Å². The van der Waals surface area contributed by atoms with Crippen molar-refractivity contribution in [3.8, 4) is 0 Å². The van der Waals surface area contributed by atoms with Gasteiger partial charge in [0.2, 0.25) is 27.7 Å². The number of hydrogen-bond acceptors (Lipinski definition) is 7. The van der Waals surface area contributed by atoms with Crippen molar-refractivity contribution in [3.05, 3.63) is 35.5 Å². The molecule has 3 rings (SSSR count). The molecule has 174 valence electrons. The third kappa shape index (κ3) is 5.92. The number of nitrogens with one attached hydrogen (secondary N) is 2. The largest absolute Gasteiger partial charge is 0.343 e. The van der Waals surface area contributed by atoms with Gasteiger partial charge in [-0.3, -0.25) is 9.59 Å². The van der Waals surface area contributed by atoms with Crippen molar-refractivity contribution >= 4 is 27.5 Å². The van der Waals surface area contributed by atoms with Gasteiger partial charge in [0.25, 0.3) is 0 Å². The number of benzene rings is 1. The van der Waals surface area contributed by atoms with E-state index in [2.05, 4.69) is 20.8 Å². The van der Waals surface area contributed by atoms with E-state index in [0.29, 0.717) is 23.0 Å². The molecule has 1 aromatic carbocycles. The molecule has 2 aromatic rings. The summed E-state index contributed by atoms with van der Waals surface area (Å²) in [6, 6.07) is 4.51. The van der Waals surface area contributed by atoms with Crippen LogP contribution in [0.5, 0.6) is 0 Å². The third-order valence-electron chi connectivity index (χ3n) is 5.61. The minimum atomic E-state index is -3.89. The number of rotatable bonds is 7. The van der Waals surface area contributed by atoms with Crippen LogP contribution in [-0.2, 0) is 31.6 Å². The maximum atomic E-state index is 12.4. The van der Waals surface area contributed by atoms with Crippen molar-refractivity contribution < 1.29 is 22.5 Å². The van der Waals surface area contributed by atoms with Crippen LogP contribution in [-0.4, -0.2) is 30.4 Å². The molecule has 0 atom stereocenters. The van der Waals surface area contributed by atoms with Crippen LogP contribution in [0.25, 0.3) is 0 Å². The molecule has 0 radical (unpaired) electrons. The molecule has 1 saturated carbocycles. The van der Waals surface area contributed by atoms with Crippen molar-refractivity contribution in [1.29, 1.82) is 0 Å². The average molecular weight is 464 g/mol. The Hall–Kier alpha value is -2.79. The van der Waals surface area contributed by atoms with Gasteiger partial charge in [-0.15, -0.1) is 0 Å². The summed E-state index contributed by atoms with van der Waals surface area (Å²) in [6.45, 7) is 3.10. The zero-order chi connectivity index (χ0) is 23.4. The smallest absolute Gasteiger partial charge is 0.238 e. The van der Waals surface area contributed by atoms with Gasteiger partial charge in [-0.1, -0.05) is 36.9 Å². The summed E-state index contributed by atoms with van der Waals surface area (Å²) < 4.78 is 28.7. The van der Waals surface area contributed by atoms with Gasteiger partial charge in [0.05, 0.1) is 4.90 Å². The number of aromatic nitrogens is 2. The number of hydrogen-bond donors (Lipinski definition) is 3. The fraction of sp³-hybridized carbons (Fsp3) is 0.524. The number of primary sulfonamides is 1. The van der Waals surface area contributed by atoms with Crippen molar-refractivity contribution in [2.75, 3.05) is 5.32 Å². The first kappa shape index (κ1) is 23.9. The quantitative estimate of drug-likeness (QED) is 0.531. The van der Waals surface area contributed by atoms with Gasteiger partial charge in [-0.05, 0) is 37.5 Å². The Bertz CT molecular complexity index is 1090. The van der Waals surface area contributed by atoms with Crippen LogP contribution in [0.4, 0.5) is 5.69 Å². The Labute approximate surface area is 187 Å². The van der Waals surface area contributed by atoms with Crippen molar-refractivity contribution in [2.45, 2.75) is 75.6 Å². The minimum absolute atomic E-state index is 0.0384. The Kier molecular flexibility index (Phi) is 7.29. The number of nitrogens with zero attached hydrogens (tertiary/aromatic N) is 2. The second-order valence-electron chi connectivity index (χ2n) is 8.26. The molecular weight excluding hydrogens is 434 g/mol. The van der Waals surface area contributed by atoms with Crippen LogP contribution in [0.1, 0.15) is 69.1 Å². The SMILES string of the molecule is CC(=O)NC1(c2noc(CCC(=O)Nc3ccc(C)c(S(N)(=O)=O)c3)n2)CCCCCC1. The summed E-state index contributed by atoms with van der Waals surface area (Å²) in [5.41, 5.74) is 0.188. The Morgan fingerprint density at radius 3 is 2.50 bits per heavy atom. The number of sulfonamides is 1. The Morgan fingerprint density at radius 2 is 1.88 bits per heavy atom. The molecule has 4 N–H and O–H groups in total. The Morgan fingerprint density at radius 1 is 1.19 bits per heavy atom. The van der Waals surface area contributed by atoms with E-state index in [1.54, 1.807) is 19.1 Å². The van der Waals surface area contributed by atoms with Crippen molar-refractivity contribution in [1.82, 2.24) is 15.5 Å². The zero-order valence-electron chi connectivity index (χ0n) is 18.3. The molecule has 10 nitrogen and oxygen atoms in total. The van der Waals surface area contributed by atoms with E-state index in [-0.39, 0.29) is 29.6 Å². The minimum Gasteiger partial charge on any atom is -0.343 e. The molecule has 0 unspecified atom stereocenters. The maximum absolute atomic E-state index is 12.4. The monoisotopic (exact) mass is 463 g/mol. The van der Waals surface area contributed by atoms with Crippen molar-refractivity contribution in [2.24, 2.45) is 5.14 Å². The molecular formula is C21H29N5O5S. The summed E-state index contributed by atoms with van der Waals surface area (Å²) in [6.07, 6.45) is 5.87. The van der Waals surface area contributed by atoms with Crippen LogP contribution in [0, 0.1) is 6.92 Å². The van der Waals surface area contributed by atoms with Gasteiger partial charge in [-0.25, -0.2) is 13.6 Å². The van der Waals surface area contributed by atoms with Crippen LogP contribution in [0.15, 0.2) is 27.6 Å². The highest BCUT2D eigenvalue weighted by atomic mass is 32.2. The molecule has 11 heteroatoms. The molecule has 0 spiro atoms. The lowest BCUT2D eigenvalue weighted by Gasteiger charge is -2.30. The fourth-order valence-electron chi connectivity index (χ4n) is 4.05. The number of nitrogens with two attached hydrogens (primary N) is 1. The molecule has 2 amide bonds. The van der Waals surface area contributed by atoms with E-state index in [1.807, 2.05) is 0 Å². The first-order valence-corrected chi connectivity index (χ1v) is 12.2. The number of carbonyl (C=O) groups excluding carboxylic acids is 2. The van der Waals surface area contributed by atoms with Crippen LogP contribution in [0.2, 0.25) is 0 Å². The van der Waals surface area contributed by atoms with Crippen LogP contribution >= 0.6 is 0 Å². The lowest BCUT2D eigenvalue weighted by Crippen LogP contribution is -2.45. The summed E-state index contributed by atoms with van der Waals surface area (Å²) in [4.78, 5) is 28.6. The number of aryl methyl sites for hydroxylation is 2. The maximum Gasteiger partial charge on any atom is 0.238 e. The number of amides is 2. The van der Waals surface area contributed by atoms with Gasteiger partial charge in [0.1, 0.15) is 5.54 Å². The average Bonchev–Trinajstić information content (AvgIpc) is 3.07. The lowest BCUT2D eigenvalue weighted by atomic mass is 9.89. The number of carbonyl (C=O) groups is 2. The second kappa shape index (κ2) is 9.78. The molecule has 1 fully saturated rings. The summed E-state index contributed by atoms with van der Waals surface area (Å²) in [5.74, 6) is 0.272. The van der Waals surface area contributed by atoms with E-state index < -0.39 is 15.6 Å².